The smallest absolute Gasteiger partial charge is 0.107 e. The molecule has 1 aromatic rings. The molecular weight excluding hydrogens is 264 g/mol. The summed E-state index contributed by atoms with van der Waals surface area (Å²) in [5.41, 5.74) is 0. The van der Waals surface area contributed by atoms with Gasteiger partial charge in [0.05, 0.1) is 19.3 Å². The highest BCUT2D eigenvalue weighted by molar-refractivity contribution is 5.08. The van der Waals surface area contributed by atoms with E-state index in [0.717, 1.165) is 17.9 Å². The molecule has 0 amide bonds. The van der Waals surface area contributed by atoms with Gasteiger partial charge in [0.2, 0.25) is 0 Å². The molecule has 0 saturated heterocycles. The Balaban J connectivity index is 2.44. The van der Waals surface area contributed by atoms with Crippen molar-refractivity contribution in [1.82, 2.24) is 0 Å². The van der Waals surface area contributed by atoms with Gasteiger partial charge in [-0.15, -0.1) is 13.0 Å². The number of rotatable bonds is 12. The van der Waals surface area contributed by atoms with E-state index in [1.165, 1.54) is 19.3 Å². The Kier molecular flexibility index (Phi) is 9.35. The van der Waals surface area contributed by atoms with Crippen molar-refractivity contribution in [3.05, 3.63) is 36.3 Å². The molecule has 21 heavy (non-hydrogen) atoms. The lowest BCUT2D eigenvalue weighted by Crippen LogP contribution is -2.23. The van der Waals surface area contributed by atoms with Crippen LogP contribution in [-0.2, 0) is 22.3 Å². The molecule has 1 aromatic heterocycles. The first kappa shape index (κ1) is 17.6. The molecule has 116 valence electrons. The molecular formula is C18H26O3. The quantitative estimate of drug-likeness (QED) is 0.333. The average molecular weight is 290 g/mol. The molecule has 0 radical (unpaired) electrons. The Morgan fingerprint density at radius 1 is 1.38 bits per heavy atom. The van der Waals surface area contributed by atoms with Crippen LogP contribution in [0.5, 0.6) is 0 Å². The van der Waals surface area contributed by atoms with Crippen LogP contribution in [0, 0.1) is 12.3 Å². The highest BCUT2D eigenvalue weighted by atomic mass is 16.5. The Morgan fingerprint density at radius 2 is 2.19 bits per heavy atom. The molecule has 0 saturated carbocycles. The van der Waals surface area contributed by atoms with Gasteiger partial charge in [-0.05, 0) is 18.6 Å². The molecule has 0 aliphatic rings. The average Bonchev–Trinajstić information content (AvgIpc) is 2.92. The maximum absolute atomic E-state index is 5.84. The van der Waals surface area contributed by atoms with E-state index in [0.29, 0.717) is 19.6 Å². The maximum atomic E-state index is 5.84. The number of aryl methyl sites for hydroxylation is 1. The van der Waals surface area contributed by atoms with Crippen molar-refractivity contribution >= 4 is 0 Å². The summed E-state index contributed by atoms with van der Waals surface area (Å²) < 4.78 is 16.9. The molecule has 0 aliphatic carbocycles. The molecule has 1 heterocycles. The highest BCUT2D eigenvalue weighted by Crippen LogP contribution is 2.14. The highest BCUT2D eigenvalue weighted by Gasteiger charge is 2.13. The normalized spacial score (nSPS) is 12.0. The molecule has 1 atom stereocenters. The number of hydrogen-bond donors (Lipinski definition) is 0. The van der Waals surface area contributed by atoms with Crippen LogP contribution in [0.15, 0.2) is 29.2 Å². The Hall–Kier alpha value is -1.50. The first-order valence-electron chi connectivity index (χ1n) is 7.61. The van der Waals surface area contributed by atoms with E-state index in [1.54, 1.807) is 6.08 Å². The van der Waals surface area contributed by atoms with Crippen LogP contribution >= 0.6 is 0 Å². The first-order valence-corrected chi connectivity index (χ1v) is 7.61. The SMILES string of the molecule is C#CCOC(COCC=C)Cc1ccc(CCCCC)o1. The molecule has 0 aliphatic heterocycles. The van der Waals surface area contributed by atoms with Gasteiger partial charge in [-0.25, -0.2) is 0 Å². The number of terminal acetylenes is 1. The Bertz CT molecular complexity index is 428. The first-order chi connectivity index (χ1) is 10.3. The summed E-state index contributed by atoms with van der Waals surface area (Å²) in [4.78, 5) is 0. The third-order valence-corrected chi connectivity index (χ3v) is 3.11. The van der Waals surface area contributed by atoms with E-state index in [-0.39, 0.29) is 12.7 Å². The second-order valence-corrected chi connectivity index (χ2v) is 4.99. The van der Waals surface area contributed by atoms with E-state index in [9.17, 15) is 0 Å². The van der Waals surface area contributed by atoms with Gasteiger partial charge in [-0.3, -0.25) is 0 Å². The van der Waals surface area contributed by atoms with Gasteiger partial charge < -0.3 is 13.9 Å². The molecule has 3 heteroatoms. The van der Waals surface area contributed by atoms with Gasteiger partial charge in [0.15, 0.2) is 0 Å². The fourth-order valence-electron chi connectivity index (χ4n) is 2.05. The Labute approximate surface area is 128 Å². The number of unbranched alkanes of at least 4 members (excludes halogenated alkanes) is 2. The molecule has 1 rings (SSSR count). The zero-order valence-corrected chi connectivity index (χ0v) is 13.0. The lowest BCUT2D eigenvalue weighted by atomic mass is 10.2. The predicted molar refractivity (Wildman–Crippen MR) is 85.2 cm³/mol. The largest absolute Gasteiger partial charge is 0.466 e. The second kappa shape index (κ2) is 11.2. The van der Waals surface area contributed by atoms with E-state index >= 15 is 0 Å². The van der Waals surface area contributed by atoms with Gasteiger partial charge in [0.1, 0.15) is 18.1 Å². The fourth-order valence-corrected chi connectivity index (χ4v) is 2.05. The van der Waals surface area contributed by atoms with Gasteiger partial charge in [0, 0.05) is 12.8 Å². The van der Waals surface area contributed by atoms with Crippen molar-refractivity contribution in [2.45, 2.75) is 45.1 Å². The van der Waals surface area contributed by atoms with Crippen LogP contribution in [0.3, 0.4) is 0 Å². The molecule has 0 N–H and O–H groups in total. The fraction of sp³-hybridized carbons (Fsp3) is 0.556. The third-order valence-electron chi connectivity index (χ3n) is 3.11. The third kappa shape index (κ3) is 7.75. The topological polar surface area (TPSA) is 31.6 Å². The summed E-state index contributed by atoms with van der Waals surface area (Å²) in [6, 6.07) is 4.06. The van der Waals surface area contributed by atoms with Crippen LogP contribution in [0.4, 0.5) is 0 Å². The summed E-state index contributed by atoms with van der Waals surface area (Å²) >= 11 is 0. The van der Waals surface area contributed by atoms with E-state index < -0.39 is 0 Å². The van der Waals surface area contributed by atoms with Crippen LogP contribution in [-0.4, -0.2) is 25.9 Å². The Morgan fingerprint density at radius 3 is 2.90 bits per heavy atom. The van der Waals surface area contributed by atoms with Crippen LogP contribution < -0.4 is 0 Å². The van der Waals surface area contributed by atoms with Crippen molar-refractivity contribution in [1.29, 1.82) is 0 Å². The monoisotopic (exact) mass is 290 g/mol. The summed E-state index contributed by atoms with van der Waals surface area (Å²) in [7, 11) is 0. The van der Waals surface area contributed by atoms with Crippen molar-refractivity contribution < 1.29 is 13.9 Å². The summed E-state index contributed by atoms with van der Waals surface area (Å²) in [5.74, 6) is 4.45. The molecule has 0 fully saturated rings. The van der Waals surface area contributed by atoms with Gasteiger partial charge in [0.25, 0.3) is 0 Å². The molecule has 0 spiro atoms. The zero-order valence-electron chi connectivity index (χ0n) is 13.0. The van der Waals surface area contributed by atoms with Crippen LogP contribution in [0.25, 0.3) is 0 Å². The predicted octanol–water partition coefficient (Wildman–Crippen LogP) is 3.78. The van der Waals surface area contributed by atoms with E-state index in [4.69, 9.17) is 20.3 Å². The minimum absolute atomic E-state index is 0.0874. The minimum atomic E-state index is -0.0874. The summed E-state index contributed by atoms with van der Waals surface area (Å²) in [6.07, 6.45) is 12.2. The van der Waals surface area contributed by atoms with Crippen molar-refractivity contribution in [2.24, 2.45) is 0 Å². The lowest BCUT2D eigenvalue weighted by molar-refractivity contribution is 0.00205. The van der Waals surface area contributed by atoms with Crippen molar-refractivity contribution in [2.75, 3.05) is 19.8 Å². The van der Waals surface area contributed by atoms with E-state index in [2.05, 4.69) is 19.4 Å². The van der Waals surface area contributed by atoms with Crippen LogP contribution in [0.2, 0.25) is 0 Å². The standard InChI is InChI=1S/C18H26O3/c1-4-7-8-9-16-10-11-17(21-16)14-18(20-13-6-3)15-19-12-5-2/h3,5,10-11,18H,2,4,7-9,12-15H2,1H3. The van der Waals surface area contributed by atoms with Crippen LogP contribution in [0.1, 0.15) is 37.7 Å². The number of furan rings is 1. The number of hydrogen-bond acceptors (Lipinski definition) is 3. The molecule has 1 unspecified atom stereocenters. The maximum Gasteiger partial charge on any atom is 0.107 e. The van der Waals surface area contributed by atoms with E-state index in [1.807, 2.05) is 12.1 Å². The molecule has 0 bridgehead atoms. The van der Waals surface area contributed by atoms with Crippen molar-refractivity contribution in [3.63, 3.8) is 0 Å². The summed E-state index contributed by atoms with van der Waals surface area (Å²) in [5, 5.41) is 0. The molecule has 0 aromatic carbocycles. The van der Waals surface area contributed by atoms with Gasteiger partial charge in [-0.2, -0.15) is 0 Å². The molecule has 3 nitrogen and oxygen atoms in total. The zero-order chi connectivity index (χ0) is 15.3. The van der Waals surface area contributed by atoms with Gasteiger partial charge in [-0.1, -0.05) is 31.8 Å². The lowest BCUT2D eigenvalue weighted by Gasteiger charge is -2.15. The summed E-state index contributed by atoms with van der Waals surface area (Å²) in [6.45, 7) is 7.10. The van der Waals surface area contributed by atoms with Crippen molar-refractivity contribution in [3.8, 4) is 12.3 Å². The minimum Gasteiger partial charge on any atom is -0.466 e. The second-order valence-electron chi connectivity index (χ2n) is 4.99. The number of ether oxygens (including phenoxy) is 2. The van der Waals surface area contributed by atoms with Gasteiger partial charge >= 0.3 is 0 Å².